The van der Waals surface area contributed by atoms with E-state index in [0.29, 0.717) is 51.4 Å². The maximum Gasteiger partial charge on any atom is 0.344 e. The molecule has 4 saturated carbocycles. The first kappa shape index (κ1) is 56.8. The Morgan fingerprint density at radius 3 is 1.37 bits per heavy atom. The fraction of sp³-hybridized carbons (Fsp3) is 0.771. The molecule has 70 heavy (non-hydrogen) atoms. The van der Waals surface area contributed by atoms with Crippen LogP contribution in [0.15, 0.2) is 0 Å². The van der Waals surface area contributed by atoms with Crippen LogP contribution in [0, 0.1) is 46.3 Å². The third-order valence-corrected chi connectivity index (χ3v) is 15.0. The van der Waals surface area contributed by atoms with Crippen molar-refractivity contribution in [2.24, 2.45) is 46.3 Å². The van der Waals surface area contributed by atoms with E-state index < -0.39 is 121 Å². The second kappa shape index (κ2) is 26.4. The van der Waals surface area contributed by atoms with Gasteiger partial charge in [-0.2, -0.15) is 0 Å². The molecule has 4 aliphatic rings. The molecule has 0 aromatic rings. The van der Waals surface area contributed by atoms with Gasteiger partial charge in [-0.3, -0.25) is 33.6 Å². The SMILES string of the molecule is COC(=O)COC(=O)CCC(=O)OC1CCC2(C)C(C1)CC(OC(=O)CCC(=O)OCC(=O)OC)C1C2CC(OC(=O)CCC(=O)OCC(=O)OC)C2(C)C(C(C)CCC(=O)OCC(=O)OC)CCC12. The van der Waals surface area contributed by atoms with Gasteiger partial charge in [-0.05, 0) is 86.4 Å². The Balaban J connectivity index is 1.63. The Morgan fingerprint density at radius 1 is 0.471 bits per heavy atom. The summed E-state index contributed by atoms with van der Waals surface area (Å²) in [6, 6.07) is 0. The van der Waals surface area contributed by atoms with E-state index in [1.54, 1.807) is 0 Å². The van der Waals surface area contributed by atoms with Crippen LogP contribution in [0.5, 0.6) is 0 Å². The molecule has 4 fully saturated rings. The van der Waals surface area contributed by atoms with Crippen molar-refractivity contribution in [3.05, 3.63) is 0 Å². The fourth-order valence-corrected chi connectivity index (χ4v) is 11.4. The lowest BCUT2D eigenvalue weighted by Crippen LogP contribution is -2.63. The quantitative estimate of drug-likeness (QED) is 0.0990. The summed E-state index contributed by atoms with van der Waals surface area (Å²) >= 11 is 0. The average molecular weight is 997 g/mol. The molecule has 0 aromatic heterocycles. The van der Waals surface area contributed by atoms with Crippen LogP contribution in [-0.4, -0.2) is 139 Å². The summed E-state index contributed by atoms with van der Waals surface area (Å²) in [4.78, 5) is 137. The van der Waals surface area contributed by atoms with Crippen molar-refractivity contribution in [3.63, 3.8) is 0 Å². The largest absolute Gasteiger partial charge is 0.466 e. The van der Waals surface area contributed by atoms with E-state index in [2.05, 4.69) is 25.9 Å². The molecule has 0 heterocycles. The van der Waals surface area contributed by atoms with Gasteiger partial charge in [0.15, 0.2) is 26.4 Å². The van der Waals surface area contributed by atoms with Crippen molar-refractivity contribution in [1.29, 1.82) is 0 Å². The van der Waals surface area contributed by atoms with Crippen LogP contribution in [0.25, 0.3) is 0 Å². The second-order valence-corrected chi connectivity index (χ2v) is 18.9. The zero-order valence-corrected chi connectivity index (χ0v) is 41.1. The van der Waals surface area contributed by atoms with E-state index in [1.165, 1.54) is 7.11 Å². The Kier molecular flexibility index (Phi) is 21.4. The van der Waals surface area contributed by atoms with E-state index in [9.17, 15) is 52.7 Å². The first-order chi connectivity index (χ1) is 33.2. The lowest BCUT2D eigenvalue weighted by Gasteiger charge is -2.64. The molecule has 0 aliphatic heterocycles. The van der Waals surface area contributed by atoms with Gasteiger partial charge in [0.2, 0.25) is 0 Å². The number of carbonyl (C=O) groups is 11. The Morgan fingerprint density at radius 2 is 0.900 bits per heavy atom. The van der Waals surface area contributed by atoms with Crippen molar-refractivity contribution in [1.82, 2.24) is 0 Å². The maximum atomic E-state index is 13.8. The summed E-state index contributed by atoms with van der Waals surface area (Å²) in [7, 11) is 4.61. The summed E-state index contributed by atoms with van der Waals surface area (Å²) < 4.78 is 56.6. The molecule has 4 aliphatic carbocycles. The third-order valence-electron chi connectivity index (χ3n) is 15.0. The molecule has 11 unspecified atom stereocenters. The van der Waals surface area contributed by atoms with Crippen LogP contribution >= 0.6 is 0 Å². The summed E-state index contributed by atoms with van der Waals surface area (Å²) in [5, 5.41) is 0. The van der Waals surface area contributed by atoms with Crippen molar-refractivity contribution in [2.45, 2.75) is 135 Å². The number of esters is 11. The molecule has 0 radical (unpaired) electrons. The first-order valence-corrected chi connectivity index (χ1v) is 23.7. The molecule has 0 amide bonds. The van der Waals surface area contributed by atoms with Crippen LogP contribution in [0.3, 0.4) is 0 Å². The van der Waals surface area contributed by atoms with E-state index in [1.807, 2.05) is 13.8 Å². The van der Waals surface area contributed by atoms with Crippen molar-refractivity contribution in [2.75, 3.05) is 54.9 Å². The molecular formula is C48H68O22. The van der Waals surface area contributed by atoms with Crippen LogP contribution in [-0.2, 0) is 105 Å². The van der Waals surface area contributed by atoms with Gasteiger partial charge < -0.3 is 52.1 Å². The smallest absolute Gasteiger partial charge is 0.344 e. The molecule has 0 aromatic carbocycles. The van der Waals surface area contributed by atoms with E-state index in [-0.39, 0.29) is 80.5 Å². The minimum Gasteiger partial charge on any atom is -0.466 e. The van der Waals surface area contributed by atoms with Gasteiger partial charge in [0.1, 0.15) is 18.3 Å². The average Bonchev–Trinajstić information content (AvgIpc) is 3.71. The summed E-state index contributed by atoms with van der Waals surface area (Å²) in [5.41, 5.74) is -1.24. The van der Waals surface area contributed by atoms with Gasteiger partial charge in [-0.25, -0.2) is 19.2 Å². The molecule has 0 N–H and O–H groups in total. The summed E-state index contributed by atoms with van der Waals surface area (Å²) in [6.07, 6.45) is -0.359. The van der Waals surface area contributed by atoms with Crippen molar-refractivity contribution < 1.29 is 105 Å². The van der Waals surface area contributed by atoms with Crippen molar-refractivity contribution in [3.8, 4) is 0 Å². The Bertz CT molecular complexity index is 1930. The Labute approximate surface area is 406 Å². The zero-order valence-electron chi connectivity index (χ0n) is 41.1. The molecule has 11 atom stereocenters. The lowest BCUT2D eigenvalue weighted by atomic mass is 9.43. The highest BCUT2D eigenvalue weighted by atomic mass is 16.6. The molecular weight excluding hydrogens is 929 g/mol. The maximum absolute atomic E-state index is 13.8. The third kappa shape index (κ3) is 15.3. The molecule has 392 valence electrons. The van der Waals surface area contributed by atoms with E-state index in [4.69, 9.17) is 33.2 Å². The highest BCUT2D eigenvalue weighted by Gasteiger charge is 2.68. The van der Waals surface area contributed by atoms with Gasteiger partial charge in [0.25, 0.3) is 0 Å². The second-order valence-electron chi connectivity index (χ2n) is 18.9. The van der Waals surface area contributed by atoms with Crippen LogP contribution in [0.2, 0.25) is 0 Å². The van der Waals surface area contributed by atoms with Gasteiger partial charge in [0, 0.05) is 17.8 Å². The van der Waals surface area contributed by atoms with Crippen LogP contribution in [0.1, 0.15) is 117 Å². The normalized spacial score (nSPS) is 27.8. The van der Waals surface area contributed by atoms with Gasteiger partial charge >= 0.3 is 65.7 Å². The molecule has 0 bridgehead atoms. The minimum atomic E-state index is -0.807. The standard InChI is InChI=1S/C48H68O22/c1-27(8-11-35(49)64-23-42(56)60-4)30-9-10-31-46-32(22-34(48(30,31)3)70-41(55)17-14-38(52)67-26-45(59)63-7)47(2)19-18-29(68-39(53)15-12-36(50)65-24-43(57)61-5)20-28(47)21-33(46)69-40(54)16-13-37(51)66-25-44(58)62-6/h27-34,46H,8-26H2,1-7H3. The first-order valence-electron chi connectivity index (χ1n) is 23.7. The van der Waals surface area contributed by atoms with Gasteiger partial charge in [-0.15, -0.1) is 0 Å². The summed E-state index contributed by atoms with van der Waals surface area (Å²) in [6.45, 7) is 3.82. The highest BCUT2D eigenvalue weighted by Crippen LogP contribution is 2.69. The van der Waals surface area contributed by atoms with Crippen molar-refractivity contribution >= 4 is 65.7 Å². The van der Waals surface area contributed by atoms with Crippen LogP contribution < -0.4 is 0 Å². The number of fused-ring (bicyclic) bond motifs is 5. The van der Waals surface area contributed by atoms with Crippen LogP contribution in [0.4, 0.5) is 0 Å². The fourth-order valence-electron chi connectivity index (χ4n) is 11.4. The number of carbonyl (C=O) groups excluding carboxylic acids is 11. The Hall–Kier alpha value is -5.83. The predicted molar refractivity (Wildman–Crippen MR) is 234 cm³/mol. The number of rotatable bonds is 24. The summed E-state index contributed by atoms with van der Waals surface area (Å²) in [5.74, 6) is -9.21. The van der Waals surface area contributed by atoms with E-state index >= 15 is 0 Å². The number of ether oxygens (including phenoxy) is 11. The lowest BCUT2D eigenvalue weighted by molar-refractivity contribution is -0.226. The number of hydrogen-bond donors (Lipinski definition) is 0. The van der Waals surface area contributed by atoms with Gasteiger partial charge in [0.05, 0.1) is 67.0 Å². The number of hydrogen-bond acceptors (Lipinski definition) is 22. The molecule has 0 saturated heterocycles. The molecule has 22 nitrogen and oxygen atoms in total. The molecule has 4 rings (SSSR count). The number of methoxy groups -OCH3 is 4. The van der Waals surface area contributed by atoms with Gasteiger partial charge in [-0.1, -0.05) is 20.8 Å². The minimum absolute atomic E-state index is 0.00707. The predicted octanol–water partition coefficient (Wildman–Crippen LogP) is 3.22. The molecule has 0 spiro atoms. The topological polar surface area (TPSA) is 289 Å². The zero-order chi connectivity index (χ0) is 51.8. The highest BCUT2D eigenvalue weighted by molar-refractivity contribution is 5.82. The van der Waals surface area contributed by atoms with E-state index in [0.717, 1.165) is 21.3 Å². The monoisotopic (exact) mass is 996 g/mol. The molecule has 22 heteroatoms.